The summed E-state index contributed by atoms with van der Waals surface area (Å²) in [5, 5.41) is 0. The molecule has 0 saturated heterocycles. The number of methoxy groups -OCH3 is 2. The van der Waals surface area contributed by atoms with Gasteiger partial charge in [-0.05, 0) is 12.1 Å². The van der Waals surface area contributed by atoms with Crippen LogP contribution in [0.1, 0.15) is 10.5 Å². The van der Waals surface area contributed by atoms with E-state index in [-0.39, 0.29) is 11.6 Å². The van der Waals surface area contributed by atoms with Crippen LogP contribution in [0.2, 0.25) is 0 Å². The molecule has 0 atom stereocenters. The lowest BCUT2D eigenvalue weighted by Crippen LogP contribution is -2.05. The number of rotatable bonds is 4. The van der Waals surface area contributed by atoms with E-state index in [1.165, 1.54) is 26.6 Å². The van der Waals surface area contributed by atoms with Gasteiger partial charge in [0.1, 0.15) is 0 Å². The van der Waals surface area contributed by atoms with E-state index < -0.39 is 5.97 Å². The van der Waals surface area contributed by atoms with Gasteiger partial charge in [-0.25, -0.2) is 9.78 Å². The molecule has 0 saturated carbocycles. The fourth-order valence-corrected chi connectivity index (χ4v) is 1.49. The summed E-state index contributed by atoms with van der Waals surface area (Å²) in [7, 11) is 2.77. The number of ether oxygens (including phenoxy) is 3. The summed E-state index contributed by atoms with van der Waals surface area (Å²) < 4.78 is 15.2. The van der Waals surface area contributed by atoms with Gasteiger partial charge in [-0.2, -0.15) is 0 Å². The highest BCUT2D eigenvalue weighted by molar-refractivity contribution is 5.86. The third-order valence-electron chi connectivity index (χ3n) is 2.41. The monoisotopic (exact) mass is 275 g/mol. The van der Waals surface area contributed by atoms with Crippen molar-refractivity contribution >= 4 is 11.7 Å². The van der Waals surface area contributed by atoms with E-state index >= 15 is 0 Å². The van der Waals surface area contributed by atoms with Crippen LogP contribution in [0.3, 0.4) is 0 Å². The highest BCUT2D eigenvalue weighted by Gasteiger charge is 2.11. The Hall–Kier alpha value is -2.83. The first-order chi connectivity index (χ1) is 9.63. The number of aromatic nitrogens is 2. The second kappa shape index (κ2) is 5.87. The lowest BCUT2D eigenvalue weighted by atomic mass is 10.3. The average Bonchev–Trinajstić information content (AvgIpc) is 2.47. The number of carbonyl (C=O) groups excluding carboxylic acids is 1. The third kappa shape index (κ3) is 2.94. The molecule has 20 heavy (non-hydrogen) atoms. The number of hydrogen-bond acceptors (Lipinski definition) is 7. The van der Waals surface area contributed by atoms with Crippen LogP contribution in [-0.4, -0.2) is 30.2 Å². The molecule has 2 N–H and O–H groups in total. The van der Waals surface area contributed by atoms with Crippen molar-refractivity contribution in [1.29, 1.82) is 0 Å². The van der Waals surface area contributed by atoms with Gasteiger partial charge < -0.3 is 19.9 Å². The summed E-state index contributed by atoms with van der Waals surface area (Å²) in [6.45, 7) is 0. The van der Waals surface area contributed by atoms with Crippen molar-refractivity contribution in [2.45, 2.75) is 0 Å². The molecule has 0 radical (unpaired) electrons. The summed E-state index contributed by atoms with van der Waals surface area (Å²) in [4.78, 5) is 19.2. The maximum absolute atomic E-state index is 11.4. The predicted octanol–water partition coefficient (Wildman–Crippen LogP) is 1.65. The number of carbonyl (C=O) groups is 1. The number of benzene rings is 1. The topological polar surface area (TPSA) is 96.6 Å². The minimum absolute atomic E-state index is 0.0490. The molecule has 0 bridgehead atoms. The summed E-state index contributed by atoms with van der Waals surface area (Å²) in [6.07, 6.45) is 2.66. The lowest BCUT2D eigenvalue weighted by Gasteiger charge is -2.10. The molecule has 2 aromatic rings. The molecule has 1 aromatic heterocycles. The Morgan fingerprint density at radius 2 is 2.00 bits per heavy atom. The normalized spacial score (nSPS) is 9.90. The maximum atomic E-state index is 11.4. The number of hydrogen-bond donors (Lipinski definition) is 1. The Balaban J connectivity index is 2.30. The minimum Gasteiger partial charge on any atom is -0.493 e. The zero-order valence-electron chi connectivity index (χ0n) is 11.0. The molecule has 0 spiro atoms. The number of nitrogen functional groups attached to an aromatic ring is 1. The second-order valence-corrected chi connectivity index (χ2v) is 3.75. The number of nitrogens with zero attached hydrogens (tertiary/aromatic N) is 2. The Kier molecular flexibility index (Phi) is 3.99. The molecule has 7 heteroatoms. The van der Waals surface area contributed by atoms with Crippen LogP contribution in [-0.2, 0) is 4.74 Å². The van der Waals surface area contributed by atoms with Crippen molar-refractivity contribution in [2.75, 3.05) is 20.0 Å². The minimum atomic E-state index is -0.595. The molecule has 1 aromatic carbocycles. The standard InChI is InChI=1S/C13H13N3O4/c1-18-10-4-3-8(14)5-11(10)20-12-7-15-6-9(16-12)13(17)19-2/h3-7H,14H2,1-2H3. The molecular weight excluding hydrogens is 262 g/mol. The van der Waals surface area contributed by atoms with Crippen LogP contribution in [0.15, 0.2) is 30.6 Å². The van der Waals surface area contributed by atoms with Crippen LogP contribution in [0.25, 0.3) is 0 Å². The van der Waals surface area contributed by atoms with Crippen molar-refractivity contribution < 1.29 is 19.0 Å². The van der Waals surface area contributed by atoms with Crippen molar-refractivity contribution in [3.8, 4) is 17.4 Å². The van der Waals surface area contributed by atoms with Gasteiger partial charge in [-0.1, -0.05) is 0 Å². The Labute approximate surface area is 115 Å². The molecule has 0 amide bonds. The van der Waals surface area contributed by atoms with Gasteiger partial charge in [0, 0.05) is 11.8 Å². The molecular formula is C13H13N3O4. The molecule has 1 heterocycles. The van der Waals surface area contributed by atoms with Gasteiger partial charge in [0.2, 0.25) is 5.88 Å². The number of anilines is 1. The zero-order valence-corrected chi connectivity index (χ0v) is 11.0. The summed E-state index contributed by atoms with van der Waals surface area (Å²) >= 11 is 0. The van der Waals surface area contributed by atoms with Crippen LogP contribution in [0.4, 0.5) is 5.69 Å². The predicted molar refractivity (Wildman–Crippen MR) is 70.9 cm³/mol. The molecule has 0 unspecified atom stereocenters. The SMILES string of the molecule is COC(=O)c1cncc(Oc2cc(N)ccc2OC)n1. The molecule has 2 rings (SSSR count). The molecule has 0 fully saturated rings. The van der Waals surface area contributed by atoms with Crippen LogP contribution >= 0.6 is 0 Å². The van der Waals surface area contributed by atoms with E-state index in [4.69, 9.17) is 15.2 Å². The summed E-state index contributed by atoms with van der Waals surface area (Å²) in [5.41, 5.74) is 6.25. The molecule has 0 aliphatic rings. The molecule has 0 aliphatic carbocycles. The highest BCUT2D eigenvalue weighted by atomic mass is 16.5. The van der Waals surface area contributed by atoms with E-state index in [9.17, 15) is 4.79 Å². The fraction of sp³-hybridized carbons (Fsp3) is 0.154. The van der Waals surface area contributed by atoms with Gasteiger partial charge in [0.05, 0.1) is 26.6 Å². The maximum Gasteiger partial charge on any atom is 0.358 e. The Morgan fingerprint density at radius 1 is 1.20 bits per heavy atom. The quantitative estimate of drug-likeness (QED) is 0.669. The molecule has 104 valence electrons. The third-order valence-corrected chi connectivity index (χ3v) is 2.41. The average molecular weight is 275 g/mol. The van der Waals surface area contributed by atoms with E-state index in [1.54, 1.807) is 18.2 Å². The van der Waals surface area contributed by atoms with Crippen LogP contribution < -0.4 is 15.2 Å². The first kappa shape index (κ1) is 13.6. The second-order valence-electron chi connectivity index (χ2n) is 3.75. The van der Waals surface area contributed by atoms with E-state index in [2.05, 4.69) is 14.7 Å². The highest BCUT2D eigenvalue weighted by Crippen LogP contribution is 2.32. The van der Waals surface area contributed by atoms with Crippen molar-refractivity contribution in [3.63, 3.8) is 0 Å². The van der Waals surface area contributed by atoms with E-state index in [0.29, 0.717) is 17.2 Å². The summed E-state index contributed by atoms with van der Waals surface area (Å²) in [6, 6.07) is 4.94. The van der Waals surface area contributed by atoms with Crippen molar-refractivity contribution in [1.82, 2.24) is 9.97 Å². The van der Waals surface area contributed by atoms with Gasteiger partial charge >= 0.3 is 5.97 Å². The van der Waals surface area contributed by atoms with E-state index in [0.717, 1.165) is 0 Å². The van der Waals surface area contributed by atoms with Crippen LogP contribution in [0.5, 0.6) is 17.4 Å². The lowest BCUT2D eigenvalue weighted by molar-refractivity contribution is 0.0592. The Bertz CT molecular complexity index is 631. The van der Waals surface area contributed by atoms with Gasteiger partial charge in [0.25, 0.3) is 0 Å². The van der Waals surface area contributed by atoms with Crippen molar-refractivity contribution in [2.24, 2.45) is 0 Å². The smallest absolute Gasteiger partial charge is 0.358 e. The Morgan fingerprint density at radius 3 is 2.70 bits per heavy atom. The van der Waals surface area contributed by atoms with Gasteiger partial charge in [0.15, 0.2) is 17.2 Å². The van der Waals surface area contributed by atoms with Gasteiger partial charge in [-0.15, -0.1) is 0 Å². The zero-order chi connectivity index (χ0) is 14.5. The number of esters is 1. The van der Waals surface area contributed by atoms with Crippen molar-refractivity contribution in [3.05, 3.63) is 36.3 Å². The fourth-order valence-electron chi connectivity index (χ4n) is 1.49. The molecule has 0 aliphatic heterocycles. The number of nitrogens with two attached hydrogens (primary N) is 1. The van der Waals surface area contributed by atoms with Crippen LogP contribution in [0, 0.1) is 0 Å². The van der Waals surface area contributed by atoms with Gasteiger partial charge in [-0.3, -0.25) is 4.98 Å². The first-order valence-electron chi connectivity index (χ1n) is 5.65. The largest absolute Gasteiger partial charge is 0.493 e. The summed E-state index contributed by atoms with van der Waals surface area (Å²) in [5.74, 6) is 0.410. The first-order valence-corrected chi connectivity index (χ1v) is 5.65. The molecule has 7 nitrogen and oxygen atoms in total. The van der Waals surface area contributed by atoms with E-state index in [1.807, 2.05) is 0 Å².